The Bertz CT molecular complexity index is 1270. The topological polar surface area (TPSA) is 78.9 Å². The normalized spacial score (nSPS) is 13.9. The predicted octanol–water partition coefficient (Wildman–Crippen LogP) is 5.51. The van der Waals surface area contributed by atoms with Gasteiger partial charge in [0.2, 0.25) is 11.8 Å². The third-order valence-electron chi connectivity index (χ3n) is 5.15. The molecule has 7 nitrogen and oxygen atoms in total. The Kier molecular flexibility index (Phi) is 5.57. The van der Waals surface area contributed by atoms with Gasteiger partial charge in [-0.25, -0.2) is 0 Å². The lowest BCUT2D eigenvalue weighted by Gasteiger charge is -2.13. The molecule has 5 rings (SSSR count). The first kappa shape index (κ1) is 21.5. The summed E-state index contributed by atoms with van der Waals surface area (Å²) in [6, 6.07) is 12.1. The summed E-state index contributed by atoms with van der Waals surface area (Å²) in [5.74, 6) is 2.78. The molecule has 0 saturated heterocycles. The minimum absolute atomic E-state index is 0.298. The second kappa shape index (κ2) is 8.54. The number of hydrogen-bond acceptors (Lipinski definition) is 7. The number of aromatic nitrogens is 5. The molecule has 0 N–H and O–H groups in total. The smallest absolute Gasteiger partial charge is 0.416 e. The summed E-state index contributed by atoms with van der Waals surface area (Å²) in [5, 5.41) is 17.1. The maximum Gasteiger partial charge on any atom is 0.416 e. The second-order valence-electron chi connectivity index (χ2n) is 7.52. The molecule has 0 unspecified atom stereocenters. The van der Waals surface area contributed by atoms with E-state index in [9.17, 15) is 13.2 Å². The van der Waals surface area contributed by atoms with E-state index in [1.165, 1.54) is 17.8 Å². The van der Waals surface area contributed by atoms with Crippen molar-refractivity contribution in [2.75, 3.05) is 7.11 Å². The SMILES string of the molecule is COc1ccc(-c2nnc(SCc3nnc(C4CC4)o3)n2-c2cccc(C(F)(F)F)c2)cc1. The molecule has 11 heteroatoms. The van der Waals surface area contributed by atoms with Crippen molar-refractivity contribution in [3.63, 3.8) is 0 Å². The largest absolute Gasteiger partial charge is 0.497 e. The van der Waals surface area contributed by atoms with Crippen LogP contribution in [0.1, 0.15) is 36.1 Å². The van der Waals surface area contributed by atoms with Crippen molar-refractivity contribution in [2.45, 2.75) is 35.8 Å². The maximum absolute atomic E-state index is 13.4. The van der Waals surface area contributed by atoms with Gasteiger partial charge in [0.05, 0.1) is 24.1 Å². The quantitative estimate of drug-likeness (QED) is 0.327. The fraction of sp³-hybridized carbons (Fsp3) is 0.273. The molecule has 0 spiro atoms. The number of ether oxygens (including phenoxy) is 1. The molecule has 1 saturated carbocycles. The van der Waals surface area contributed by atoms with Gasteiger partial charge >= 0.3 is 6.18 Å². The minimum atomic E-state index is -4.47. The Labute approximate surface area is 191 Å². The molecule has 0 radical (unpaired) electrons. The number of hydrogen-bond donors (Lipinski definition) is 0. The fourth-order valence-corrected chi connectivity index (χ4v) is 4.08. The number of thioether (sulfide) groups is 1. The lowest BCUT2D eigenvalue weighted by Crippen LogP contribution is -2.07. The lowest BCUT2D eigenvalue weighted by molar-refractivity contribution is -0.137. The van der Waals surface area contributed by atoms with Crippen LogP contribution in [0.2, 0.25) is 0 Å². The average Bonchev–Trinajstić information content (AvgIpc) is 3.41. The van der Waals surface area contributed by atoms with Gasteiger partial charge in [0.15, 0.2) is 11.0 Å². The molecule has 2 aromatic heterocycles. The predicted molar refractivity (Wildman–Crippen MR) is 114 cm³/mol. The number of nitrogens with zero attached hydrogens (tertiary/aromatic N) is 5. The summed E-state index contributed by atoms with van der Waals surface area (Å²) < 4.78 is 52.6. The molecule has 0 amide bonds. The van der Waals surface area contributed by atoms with Crippen molar-refractivity contribution in [1.82, 2.24) is 25.0 Å². The Morgan fingerprint density at radius 2 is 1.85 bits per heavy atom. The molecule has 0 bridgehead atoms. The molecule has 2 heterocycles. The third kappa shape index (κ3) is 4.58. The van der Waals surface area contributed by atoms with Crippen LogP contribution in [0.25, 0.3) is 17.1 Å². The zero-order valence-electron chi connectivity index (χ0n) is 17.4. The Morgan fingerprint density at radius 3 is 2.55 bits per heavy atom. The number of benzene rings is 2. The van der Waals surface area contributed by atoms with Gasteiger partial charge in [0.25, 0.3) is 0 Å². The minimum Gasteiger partial charge on any atom is -0.497 e. The van der Waals surface area contributed by atoms with Crippen molar-refractivity contribution in [1.29, 1.82) is 0 Å². The molecule has 33 heavy (non-hydrogen) atoms. The first-order valence-electron chi connectivity index (χ1n) is 10.1. The van der Waals surface area contributed by atoms with E-state index in [2.05, 4.69) is 20.4 Å². The average molecular weight is 473 g/mol. The van der Waals surface area contributed by atoms with Crippen LogP contribution in [0.4, 0.5) is 13.2 Å². The summed E-state index contributed by atoms with van der Waals surface area (Å²) in [6.07, 6.45) is -2.38. The summed E-state index contributed by atoms with van der Waals surface area (Å²) >= 11 is 1.26. The maximum atomic E-state index is 13.4. The van der Waals surface area contributed by atoms with Crippen LogP contribution < -0.4 is 4.74 Å². The van der Waals surface area contributed by atoms with Crippen molar-refractivity contribution >= 4 is 11.8 Å². The number of rotatable bonds is 7. The standard InChI is InChI=1S/C22H18F3N5O2S/c1-31-17-9-7-13(8-10-17)19-27-29-21(33-12-18-26-28-20(32-18)14-5-6-14)30(19)16-4-2-3-15(11-16)22(23,24)25/h2-4,7-11,14H,5-6,12H2,1H3. The first-order chi connectivity index (χ1) is 15.9. The molecule has 0 aliphatic heterocycles. The second-order valence-corrected chi connectivity index (χ2v) is 8.46. The summed E-state index contributed by atoms with van der Waals surface area (Å²) in [6.45, 7) is 0. The van der Waals surface area contributed by atoms with Crippen molar-refractivity contribution in [2.24, 2.45) is 0 Å². The zero-order valence-corrected chi connectivity index (χ0v) is 18.2. The Hall–Kier alpha value is -3.34. The van der Waals surface area contributed by atoms with E-state index >= 15 is 0 Å². The van der Waals surface area contributed by atoms with Crippen LogP contribution in [0.5, 0.6) is 5.75 Å². The van der Waals surface area contributed by atoms with Gasteiger partial charge in [-0.3, -0.25) is 4.57 Å². The molecule has 0 atom stereocenters. The molecule has 1 aliphatic rings. The fourth-order valence-electron chi connectivity index (χ4n) is 3.29. The summed E-state index contributed by atoms with van der Waals surface area (Å²) in [5.41, 5.74) is 0.227. The van der Waals surface area contributed by atoms with E-state index in [4.69, 9.17) is 9.15 Å². The van der Waals surface area contributed by atoms with Crippen molar-refractivity contribution < 1.29 is 22.3 Å². The van der Waals surface area contributed by atoms with Gasteiger partial charge in [-0.2, -0.15) is 13.2 Å². The monoisotopic (exact) mass is 473 g/mol. The highest BCUT2D eigenvalue weighted by Crippen LogP contribution is 2.39. The van der Waals surface area contributed by atoms with Crippen molar-refractivity contribution in [3.05, 3.63) is 65.9 Å². The van der Waals surface area contributed by atoms with Gasteiger partial charge in [-0.05, 0) is 55.3 Å². The zero-order chi connectivity index (χ0) is 23.0. The molecule has 4 aromatic rings. The Morgan fingerprint density at radius 1 is 1.06 bits per heavy atom. The van der Waals surface area contributed by atoms with Crippen LogP contribution in [-0.2, 0) is 11.9 Å². The van der Waals surface area contributed by atoms with Crippen LogP contribution in [0.3, 0.4) is 0 Å². The van der Waals surface area contributed by atoms with Gasteiger partial charge in [-0.1, -0.05) is 17.8 Å². The van der Waals surface area contributed by atoms with Gasteiger partial charge in [-0.15, -0.1) is 20.4 Å². The molecule has 170 valence electrons. The van der Waals surface area contributed by atoms with E-state index in [1.807, 2.05) is 0 Å². The van der Waals surface area contributed by atoms with E-state index in [0.717, 1.165) is 25.0 Å². The molecule has 2 aromatic carbocycles. The number of halogens is 3. The van der Waals surface area contributed by atoms with E-state index in [-0.39, 0.29) is 0 Å². The third-order valence-corrected chi connectivity index (χ3v) is 6.06. The van der Waals surface area contributed by atoms with Crippen LogP contribution in [-0.4, -0.2) is 32.1 Å². The van der Waals surface area contributed by atoms with Crippen LogP contribution >= 0.6 is 11.8 Å². The molecule has 1 aliphatic carbocycles. The number of methoxy groups -OCH3 is 1. The lowest BCUT2D eigenvalue weighted by atomic mass is 10.1. The van der Waals surface area contributed by atoms with Gasteiger partial charge < -0.3 is 9.15 Å². The highest BCUT2D eigenvalue weighted by atomic mass is 32.2. The Balaban J connectivity index is 1.51. The summed E-state index contributed by atoms with van der Waals surface area (Å²) in [4.78, 5) is 0. The van der Waals surface area contributed by atoms with Gasteiger partial charge in [0.1, 0.15) is 5.75 Å². The van der Waals surface area contributed by atoms with Crippen LogP contribution in [0, 0.1) is 0 Å². The van der Waals surface area contributed by atoms with E-state index in [1.54, 1.807) is 42.0 Å². The summed E-state index contributed by atoms with van der Waals surface area (Å²) in [7, 11) is 1.56. The highest BCUT2D eigenvalue weighted by Gasteiger charge is 2.31. The number of alkyl halides is 3. The van der Waals surface area contributed by atoms with Gasteiger partial charge in [0, 0.05) is 11.5 Å². The van der Waals surface area contributed by atoms with E-state index < -0.39 is 11.7 Å². The first-order valence-corrected chi connectivity index (χ1v) is 11.1. The molecular weight excluding hydrogens is 455 g/mol. The van der Waals surface area contributed by atoms with Crippen LogP contribution in [0.15, 0.2) is 58.1 Å². The highest BCUT2D eigenvalue weighted by molar-refractivity contribution is 7.98. The van der Waals surface area contributed by atoms with E-state index in [0.29, 0.717) is 51.4 Å². The molecular formula is C22H18F3N5O2S. The molecule has 1 fully saturated rings. The van der Waals surface area contributed by atoms with Crippen molar-refractivity contribution in [3.8, 4) is 22.8 Å².